The number of methoxy groups -OCH3 is 1. The first-order chi connectivity index (χ1) is 10.8. The smallest absolute Gasteiger partial charge is 0.322 e. The van der Waals surface area contributed by atoms with E-state index in [1.807, 2.05) is 4.90 Å². The van der Waals surface area contributed by atoms with E-state index >= 15 is 0 Å². The van der Waals surface area contributed by atoms with Crippen LogP contribution in [0.1, 0.15) is 6.92 Å². The number of ether oxygens (including phenoxy) is 1. The van der Waals surface area contributed by atoms with Crippen molar-refractivity contribution < 1.29 is 17.9 Å². The Labute approximate surface area is 146 Å². The van der Waals surface area contributed by atoms with Crippen LogP contribution in [0.4, 0.5) is 0 Å². The molecule has 1 fully saturated rings. The fourth-order valence-corrected chi connectivity index (χ4v) is 5.02. The van der Waals surface area contributed by atoms with E-state index in [-0.39, 0.29) is 34.0 Å². The van der Waals surface area contributed by atoms with Gasteiger partial charge in [0.05, 0.1) is 17.2 Å². The third-order valence-electron chi connectivity index (χ3n) is 3.88. The fraction of sp³-hybridized carbons (Fsp3) is 0.500. The molecule has 0 aromatic heterocycles. The first kappa shape index (κ1) is 18.5. The molecule has 0 N–H and O–H groups in total. The lowest BCUT2D eigenvalue weighted by molar-refractivity contribution is -0.146. The lowest BCUT2D eigenvalue weighted by Gasteiger charge is -2.36. The van der Waals surface area contributed by atoms with Crippen LogP contribution >= 0.6 is 23.2 Å². The highest BCUT2D eigenvalue weighted by Crippen LogP contribution is 2.31. The fourth-order valence-electron chi connectivity index (χ4n) is 2.51. The Balaban J connectivity index is 2.15. The molecule has 0 saturated carbocycles. The number of carbonyl (C=O) groups excluding carboxylic acids is 1. The van der Waals surface area contributed by atoms with Crippen molar-refractivity contribution in [2.45, 2.75) is 17.9 Å². The maximum Gasteiger partial charge on any atom is 0.322 e. The third kappa shape index (κ3) is 3.80. The zero-order valence-corrected chi connectivity index (χ0v) is 15.2. The number of hydrogen-bond acceptors (Lipinski definition) is 5. The molecule has 0 aliphatic carbocycles. The first-order valence-electron chi connectivity index (χ1n) is 7.05. The van der Waals surface area contributed by atoms with Gasteiger partial charge in [0.15, 0.2) is 0 Å². The third-order valence-corrected chi connectivity index (χ3v) is 6.73. The maximum absolute atomic E-state index is 12.7. The van der Waals surface area contributed by atoms with Gasteiger partial charge < -0.3 is 4.74 Å². The molecule has 1 aromatic carbocycles. The summed E-state index contributed by atoms with van der Waals surface area (Å²) in [4.78, 5) is 13.4. The molecular weight excluding hydrogens is 363 g/mol. The number of sulfonamides is 1. The van der Waals surface area contributed by atoms with Crippen LogP contribution in [0.5, 0.6) is 0 Å². The monoisotopic (exact) mass is 380 g/mol. The molecule has 0 bridgehead atoms. The molecule has 2 rings (SSSR count). The van der Waals surface area contributed by atoms with E-state index in [2.05, 4.69) is 0 Å². The van der Waals surface area contributed by atoms with Gasteiger partial charge in [-0.1, -0.05) is 29.3 Å². The summed E-state index contributed by atoms with van der Waals surface area (Å²) in [6.45, 7) is 3.10. The van der Waals surface area contributed by atoms with Crippen LogP contribution in [0.15, 0.2) is 23.1 Å². The van der Waals surface area contributed by atoms with Crippen molar-refractivity contribution in [1.29, 1.82) is 0 Å². The number of hydrogen-bond donors (Lipinski definition) is 0. The van der Waals surface area contributed by atoms with E-state index in [0.29, 0.717) is 13.1 Å². The Morgan fingerprint density at radius 3 is 2.17 bits per heavy atom. The Morgan fingerprint density at radius 2 is 1.70 bits per heavy atom. The number of carbonyl (C=O) groups is 1. The predicted molar refractivity (Wildman–Crippen MR) is 88.3 cm³/mol. The lowest BCUT2D eigenvalue weighted by atomic mass is 10.2. The highest BCUT2D eigenvalue weighted by atomic mass is 35.5. The molecule has 1 aromatic rings. The van der Waals surface area contributed by atoms with Crippen molar-refractivity contribution in [3.8, 4) is 0 Å². The van der Waals surface area contributed by atoms with Crippen molar-refractivity contribution >= 4 is 39.2 Å². The van der Waals surface area contributed by atoms with Crippen molar-refractivity contribution in [1.82, 2.24) is 9.21 Å². The lowest BCUT2D eigenvalue weighted by Crippen LogP contribution is -2.53. The number of benzene rings is 1. The molecule has 9 heteroatoms. The Morgan fingerprint density at radius 1 is 1.17 bits per heavy atom. The van der Waals surface area contributed by atoms with Gasteiger partial charge >= 0.3 is 5.97 Å². The maximum atomic E-state index is 12.7. The molecule has 1 atom stereocenters. The van der Waals surface area contributed by atoms with Gasteiger partial charge in [-0.05, 0) is 19.1 Å². The molecule has 0 spiro atoms. The second kappa shape index (κ2) is 7.36. The molecule has 1 aliphatic heterocycles. The second-order valence-electron chi connectivity index (χ2n) is 5.19. The molecule has 6 nitrogen and oxygen atoms in total. The van der Waals surface area contributed by atoms with E-state index in [9.17, 15) is 13.2 Å². The Bertz CT molecular complexity index is 668. The first-order valence-corrected chi connectivity index (χ1v) is 9.24. The summed E-state index contributed by atoms with van der Waals surface area (Å²) in [6, 6.07) is 4.18. The number of rotatable bonds is 4. The van der Waals surface area contributed by atoms with Crippen molar-refractivity contribution in [2.24, 2.45) is 0 Å². The molecule has 1 saturated heterocycles. The minimum Gasteiger partial charge on any atom is -0.468 e. The van der Waals surface area contributed by atoms with E-state index in [1.54, 1.807) is 13.0 Å². The summed E-state index contributed by atoms with van der Waals surface area (Å²) >= 11 is 12.0. The highest BCUT2D eigenvalue weighted by Gasteiger charge is 2.34. The van der Waals surface area contributed by atoms with Crippen LogP contribution in [0.3, 0.4) is 0 Å². The topological polar surface area (TPSA) is 66.9 Å². The normalized spacial score (nSPS) is 18.6. The summed E-state index contributed by atoms with van der Waals surface area (Å²) in [7, 11) is -2.44. The van der Waals surface area contributed by atoms with Crippen LogP contribution < -0.4 is 0 Å². The van der Waals surface area contributed by atoms with E-state index in [1.165, 1.54) is 23.5 Å². The van der Waals surface area contributed by atoms with E-state index in [4.69, 9.17) is 27.9 Å². The predicted octanol–water partition coefficient (Wildman–Crippen LogP) is 1.86. The average molecular weight is 381 g/mol. The van der Waals surface area contributed by atoms with Crippen molar-refractivity contribution in [2.75, 3.05) is 33.3 Å². The van der Waals surface area contributed by atoms with Gasteiger partial charge in [0, 0.05) is 26.2 Å². The zero-order valence-electron chi connectivity index (χ0n) is 12.8. The summed E-state index contributed by atoms with van der Waals surface area (Å²) in [5, 5.41) is 0.200. The molecule has 23 heavy (non-hydrogen) atoms. The van der Waals surface area contributed by atoms with Crippen LogP contribution in [0.2, 0.25) is 10.0 Å². The molecule has 0 amide bonds. The average Bonchev–Trinajstić information content (AvgIpc) is 2.53. The van der Waals surface area contributed by atoms with Gasteiger partial charge in [0.1, 0.15) is 10.9 Å². The Hall–Kier alpha value is -0.860. The zero-order chi connectivity index (χ0) is 17.2. The van der Waals surface area contributed by atoms with Gasteiger partial charge in [-0.25, -0.2) is 8.42 Å². The minimum absolute atomic E-state index is 0.0715. The molecule has 1 aliphatic rings. The van der Waals surface area contributed by atoms with Gasteiger partial charge in [-0.15, -0.1) is 0 Å². The number of halogens is 2. The number of nitrogens with zero attached hydrogens (tertiary/aromatic N) is 2. The van der Waals surface area contributed by atoms with Crippen molar-refractivity contribution in [3.63, 3.8) is 0 Å². The molecular formula is C14H18Cl2N2O4S. The summed E-state index contributed by atoms with van der Waals surface area (Å²) in [5.74, 6) is -0.338. The van der Waals surface area contributed by atoms with Crippen molar-refractivity contribution in [3.05, 3.63) is 28.2 Å². The quantitative estimate of drug-likeness (QED) is 0.745. The number of esters is 1. The Kier molecular flexibility index (Phi) is 5.91. The van der Waals surface area contributed by atoms with E-state index in [0.717, 1.165) is 0 Å². The van der Waals surface area contributed by atoms with E-state index < -0.39 is 16.1 Å². The van der Waals surface area contributed by atoms with Crippen LogP contribution in [-0.4, -0.2) is 62.9 Å². The SMILES string of the molecule is COC(=O)C(C)N1CCN(S(=O)(=O)c2c(Cl)cccc2Cl)CC1. The molecule has 1 heterocycles. The number of piperazine rings is 1. The van der Waals surface area contributed by atoms with Gasteiger partial charge in [-0.2, -0.15) is 4.31 Å². The summed E-state index contributed by atoms with van der Waals surface area (Å²) < 4.78 is 31.5. The standard InChI is InChI=1S/C14H18Cl2N2O4S/c1-10(14(19)22-2)17-6-8-18(9-7-17)23(20,21)13-11(15)4-3-5-12(13)16/h3-5,10H,6-9H2,1-2H3. The second-order valence-corrected chi connectivity index (χ2v) is 7.88. The van der Waals surface area contributed by atoms with Crippen LogP contribution in [-0.2, 0) is 19.6 Å². The summed E-state index contributed by atoms with van der Waals surface area (Å²) in [5.41, 5.74) is 0. The minimum atomic E-state index is -3.77. The van der Waals surface area contributed by atoms with Gasteiger partial charge in [0.2, 0.25) is 10.0 Å². The molecule has 1 unspecified atom stereocenters. The van der Waals surface area contributed by atoms with Gasteiger partial charge in [-0.3, -0.25) is 9.69 Å². The van der Waals surface area contributed by atoms with Gasteiger partial charge in [0.25, 0.3) is 0 Å². The molecule has 128 valence electrons. The van der Waals surface area contributed by atoms with Crippen LogP contribution in [0.25, 0.3) is 0 Å². The highest BCUT2D eigenvalue weighted by molar-refractivity contribution is 7.89. The molecule has 0 radical (unpaired) electrons. The van der Waals surface area contributed by atoms with Crippen LogP contribution in [0, 0.1) is 0 Å². The largest absolute Gasteiger partial charge is 0.468 e. The summed E-state index contributed by atoms with van der Waals surface area (Å²) in [6.07, 6.45) is 0.